The maximum Gasteiger partial charge on any atom is 0.238 e. The van der Waals surface area contributed by atoms with Gasteiger partial charge in [0.05, 0.1) is 0 Å². The first-order valence-corrected chi connectivity index (χ1v) is 4.33. The number of halogens is 2. The maximum absolute atomic E-state index is 11.9. The molecule has 0 saturated carbocycles. The zero-order valence-corrected chi connectivity index (χ0v) is 7.21. The summed E-state index contributed by atoms with van der Waals surface area (Å²) < 4.78 is 23.9. The molecule has 0 bridgehead atoms. The highest BCUT2D eigenvalue weighted by atomic mass is 19.3. The van der Waals surface area contributed by atoms with Gasteiger partial charge in [0, 0.05) is 19.5 Å². The Hall–Kier alpha value is -0.870. The summed E-state index contributed by atoms with van der Waals surface area (Å²) in [7, 11) is 0. The molecular formula is C8H12F2NO2-. The summed E-state index contributed by atoms with van der Waals surface area (Å²) in [6, 6.07) is 0. The Morgan fingerprint density at radius 3 is 2.38 bits per heavy atom. The molecule has 0 aromatic rings. The number of carbonyl (C=O) groups excluding carboxylic acids is 1. The lowest BCUT2D eigenvalue weighted by atomic mass is 9.94. The Balaban J connectivity index is 2.26. The molecule has 13 heavy (non-hydrogen) atoms. The molecule has 0 N–H and O–H groups in total. The Labute approximate surface area is 75.3 Å². The van der Waals surface area contributed by atoms with Gasteiger partial charge in [-0.3, -0.25) is 0 Å². The van der Waals surface area contributed by atoms with Crippen LogP contribution in [0.15, 0.2) is 0 Å². The topological polar surface area (TPSA) is 43.4 Å². The number of piperidine rings is 1. The Morgan fingerprint density at radius 2 is 2.00 bits per heavy atom. The third-order valence-corrected chi connectivity index (χ3v) is 2.38. The standard InChI is InChI=1S/C8H13F2NO2/c9-7(10)5-6-1-3-11(4-2-6)8(12)13/h6-7H,1-5H2,(H,12,13)/p-1. The van der Waals surface area contributed by atoms with Crippen molar-refractivity contribution < 1.29 is 18.7 Å². The van der Waals surface area contributed by atoms with Crippen molar-refractivity contribution in [1.29, 1.82) is 0 Å². The Morgan fingerprint density at radius 1 is 1.46 bits per heavy atom. The molecule has 0 atom stereocenters. The van der Waals surface area contributed by atoms with Crippen LogP contribution in [0.1, 0.15) is 19.3 Å². The number of alkyl halides is 2. The van der Waals surface area contributed by atoms with Crippen LogP contribution in [0.25, 0.3) is 0 Å². The van der Waals surface area contributed by atoms with Crippen molar-refractivity contribution in [2.45, 2.75) is 25.7 Å². The van der Waals surface area contributed by atoms with E-state index in [1.165, 1.54) is 4.90 Å². The molecule has 3 nitrogen and oxygen atoms in total. The number of rotatable bonds is 2. The summed E-state index contributed by atoms with van der Waals surface area (Å²) in [4.78, 5) is 11.5. The van der Waals surface area contributed by atoms with Crippen molar-refractivity contribution in [2.75, 3.05) is 13.1 Å². The molecule has 1 fully saturated rings. The normalized spacial score (nSPS) is 19.5. The van der Waals surface area contributed by atoms with Crippen molar-refractivity contribution in [1.82, 2.24) is 4.90 Å². The quantitative estimate of drug-likeness (QED) is 0.646. The van der Waals surface area contributed by atoms with Crippen LogP contribution in [0.4, 0.5) is 13.6 Å². The van der Waals surface area contributed by atoms with E-state index in [9.17, 15) is 18.7 Å². The molecule has 1 amide bonds. The van der Waals surface area contributed by atoms with Crippen LogP contribution < -0.4 is 5.11 Å². The number of hydrogen-bond donors (Lipinski definition) is 0. The second-order valence-corrected chi connectivity index (χ2v) is 3.32. The lowest BCUT2D eigenvalue weighted by Crippen LogP contribution is -2.45. The molecule has 1 heterocycles. The first-order chi connectivity index (χ1) is 6.09. The van der Waals surface area contributed by atoms with Gasteiger partial charge in [0.1, 0.15) is 6.09 Å². The van der Waals surface area contributed by atoms with Crippen molar-refractivity contribution >= 4 is 6.09 Å². The highest BCUT2D eigenvalue weighted by Crippen LogP contribution is 2.22. The van der Waals surface area contributed by atoms with Gasteiger partial charge in [-0.25, -0.2) is 8.78 Å². The van der Waals surface area contributed by atoms with E-state index in [4.69, 9.17) is 0 Å². The summed E-state index contributed by atoms with van der Waals surface area (Å²) >= 11 is 0. The van der Waals surface area contributed by atoms with Crippen molar-refractivity contribution in [2.24, 2.45) is 5.92 Å². The Kier molecular flexibility index (Phi) is 3.45. The van der Waals surface area contributed by atoms with Gasteiger partial charge in [-0.15, -0.1) is 0 Å². The molecule has 0 aromatic carbocycles. The van der Waals surface area contributed by atoms with Crippen LogP contribution in [0.5, 0.6) is 0 Å². The molecule has 0 aliphatic carbocycles. The van der Waals surface area contributed by atoms with Crippen LogP contribution in [0.2, 0.25) is 0 Å². The largest absolute Gasteiger partial charge is 0.530 e. The second-order valence-electron chi connectivity index (χ2n) is 3.32. The molecular weight excluding hydrogens is 180 g/mol. The summed E-state index contributed by atoms with van der Waals surface area (Å²) in [5.74, 6) is -0.0319. The fraction of sp³-hybridized carbons (Fsp3) is 0.875. The van der Waals surface area contributed by atoms with Crippen LogP contribution in [-0.2, 0) is 0 Å². The minimum absolute atomic E-state index is 0.0319. The number of hydrogen-bond acceptors (Lipinski definition) is 2. The maximum atomic E-state index is 11.9. The first-order valence-electron chi connectivity index (χ1n) is 4.33. The predicted molar refractivity (Wildman–Crippen MR) is 40.3 cm³/mol. The minimum atomic E-state index is -2.28. The minimum Gasteiger partial charge on any atom is -0.530 e. The molecule has 1 aliphatic rings. The van der Waals surface area contributed by atoms with Gasteiger partial charge in [0.2, 0.25) is 6.43 Å². The third-order valence-electron chi connectivity index (χ3n) is 2.38. The third kappa shape index (κ3) is 3.16. The lowest BCUT2D eigenvalue weighted by molar-refractivity contribution is -0.266. The molecule has 76 valence electrons. The van der Waals surface area contributed by atoms with Gasteiger partial charge in [0.25, 0.3) is 0 Å². The monoisotopic (exact) mass is 192 g/mol. The summed E-state index contributed by atoms with van der Waals surface area (Å²) in [6.07, 6.45) is -2.53. The molecule has 1 saturated heterocycles. The average molecular weight is 192 g/mol. The van der Waals surface area contributed by atoms with Gasteiger partial charge >= 0.3 is 0 Å². The summed E-state index contributed by atoms with van der Waals surface area (Å²) in [5.41, 5.74) is 0. The highest BCUT2D eigenvalue weighted by Gasteiger charge is 2.21. The molecule has 0 radical (unpaired) electrons. The van der Waals surface area contributed by atoms with Gasteiger partial charge in [0.15, 0.2) is 0 Å². The van der Waals surface area contributed by atoms with E-state index in [0.717, 1.165) is 0 Å². The van der Waals surface area contributed by atoms with E-state index in [2.05, 4.69) is 0 Å². The van der Waals surface area contributed by atoms with Gasteiger partial charge in [-0.05, 0) is 18.8 Å². The molecule has 0 unspecified atom stereocenters. The van der Waals surface area contributed by atoms with Crippen LogP contribution >= 0.6 is 0 Å². The van der Waals surface area contributed by atoms with Gasteiger partial charge in [-0.1, -0.05) is 0 Å². The van der Waals surface area contributed by atoms with E-state index in [-0.39, 0.29) is 12.3 Å². The molecule has 5 heteroatoms. The van der Waals surface area contributed by atoms with E-state index in [1.807, 2.05) is 0 Å². The van der Waals surface area contributed by atoms with E-state index < -0.39 is 12.5 Å². The second kappa shape index (κ2) is 4.39. The van der Waals surface area contributed by atoms with Crippen molar-refractivity contribution in [3.63, 3.8) is 0 Å². The van der Waals surface area contributed by atoms with E-state index in [0.29, 0.717) is 25.9 Å². The number of carboxylic acid groups (broad SMARTS) is 1. The smallest absolute Gasteiger partial charge is 0.238 e. The van der Waals surface area contributed by atoms with Crippen molar-refractivity contribution in [3.8, 4) is 0 Å². The zero-order valence-electron chi connectivity index (χ0n) is 7.21. The van der Waals surface area contributed by atoms with Gasteiger partial charge in [-0.2, -0.15) is 0 Å². The van der Waals surface area contributed by atoms with Crippen LogP contribution in [0, 0.1) is 5.92 Å². The van der Waals surface area contributed by atoms with Crippen LogP contribution in [-0.4, -0.2) is 30.5 Å². The molecule has 1 rings (SSSR count). The summed E-state index contributed by atoms with van der Waals surface area (Å²) in [5, 5.41) is 10.3. The molecule has 0 spiro atoms. The number of amides is 1. The zero-order chi connectivity index (χ0) is 9.84. The SMILES string of the molecule is O=C([O-])N1CCC(CC(F)F)CC1. The molecule has 0 aromatic heterocycles. The average Bonchev–Trinajstić information content (AvgIpc) is 2.04. The fourth-order valence-corrected chi connectivity index (χ4v) is 1.60. The first kappa shape index (κ1) is 10.2. The number of carbonyl (C=O) groups is 1. The number of likely N-dealkylation sites (tertiary alicyclic amines) is 1. The lowest BCUT2D eigenvalue weighted by Gasteiger charge is -2.33. The highest BCUT2D eigenvalue weighted by molar-refractivity contribution is 5.62. The van der Waals surface area contributed by atoms with Crippen LogP contribution in [0.3, 0.4) is 0 Å². The van der Waals surface area contributed by atoms with E-state index in [1.54, 1.807) is 0 Å². The van der Waals surface area contributed by atoms with Gasteiger partial charge < -0.3 is 14.8 Å². The van der Waals surface area contributed by atoms with Crippen molar-refractivity contribution in [3.05, 3.63) is 0 Å². The van der Waals surface area contributed by atoms with E-state index >= 15 is 0 Å². The Bertz CT molecular complexity index is 179. The fourth-order valence-electron chi connectivity index (χ4n) is 1.60. The predicted octanol–water partition coefficient (Wildman–Crippen LogP) is 0.697. The molecule has 1 aliphatic heterocycles. The number of nitrogens with zero attached hydrogens (tertiary/aromatic N) is 1. The summed E-state index contributed by atoms with van der Waals surface area (Å²) in [6.45, 7) is 0.666.